The van der Waals surface area contributed by atoms with Gasteiger partial charge in [0.25, 0.3) is 5.91 Å². The number of amides is 2. The Kier molecular flexibility index (Phi) is 8.68. The van der Waals surface area contributed by atoms with Gasteiger partial charge in [0.2, 0.25) is 5.91 Å². The lowest BCUT2D eigenvalue weighted by molar-refractivity contribution is -0.114. The molecule has 0 heterocycles. The van der Waals surface area contributed by atoms with Crippen molar-refractivity contribution in [3.63, 3.8) is 0 Å². The Morgan fingerprint density at radius 3 is 2.46 bits per heavy atom. The highest BCUT2D eigenvalue weighted by Gasteiger charge is 2.26. The normalized spacial score (nSPS) is 19.1. The number of rotatable bonds is 6. The zero-order valence-corrected chi connectivity index (χ0v) is 16.3. The van der Waals surface area contributed by atoms with Crippen LogP contribution in [0.3, 0.4) is 0 Å². The van der Waals surface area contributed by atoms with Crippen molar-refractivity contribution >= 4 is 29.9 Å². The largest absolute Gasteiger partial charge is 0.493 e. The van der Waals surface area contributed by atoms with Crippen LogP contribution >= 0.6 is 12.4 Å². The number of nitrogens with two attached hydrogens (primary N) is 1. The molecule has 2 unspecified atom stereocenters. The molecule has 2 atom stereocenters. The number of carbonyl (C=O) groups excluding carboxylic acids is 2. The number of halogens is 1. The van der Waals surface area contributed by atoms with Crippen molar-refractivity contribution in [1.29, 1.82) is 0 Å². The number of carbonyl (C=O) groups is 2. The van der Waals surface area contributed by atoms with Gasteiger partial charge in [0.05, 0.1) is 19.9 Å². The minimum absolute atomic E-state index is 0. The molecule has 0 bridgehead atoms. The maximum atomic E-state index is 12.7. The van der Waals surface area contributed by atoms with Crippen molar-refractivity contribution in [2.45, 2.75) is 38.6 Å². The van der Waals surface area contributed by atoms with Crippen LogP contribution in [0.2, 0.25) is 0 Å². The Labute approximate surface area is 160 Å². The van der Waals surface area contributed by atoms with Gasteiger partial charge < -0.3 is 25.8 Å². The van der Waals surface area contributed by atoms with Crippen molar-refractivity contribution in [3.05, 3.63) is 17.7 Å². The predicted molar refractivity (Wildman–Crippen MR) is 103 cm³/mol. The van der Waals surface area contributed by atoms with Gasteiger partial charge in [0, 0.05) is 18.5 Å². The summed E-state index contributed by atoms with van der Waals surface area (Å²) < 4.78 is 10.6. The van der Waals surface area contributed by atoms with E-state index in [-0.39, 0.29) is 30.3 Å². The minimum Gasteiger partial charge on any atom is -0.493 e. The minimum atomic E-state index is -0.256. The van der Waals surface area contributed by atoms with E-state index in [1.807, 2.05) is 0 Å². The van der Waals surface area contributed by atoms with Crippen LogP contribution in [0.25, 0.3) is 0 Å². The van der Waals surface area contributed by atoms with Gasteiger partial charge in [0.1, 0.15) is 0 Å². The zero-order chi connectivity index (χ0) is 18.4. The number of hydrogen-bond acceptors (Lipinski definition) is 5. The summed E-state index contributed by atoms with van der Waals surface area (Å²) in [5.41, 5.74) is 6.64. The summed E-state index contributed by atoms with van der Waals surface area (Å²) in [5, 5.41) is 5.75. The number of benzene rings is 1. The molecular formula is C18H28ClN3O4. The molecule has 0 spiro atoms. The molecule has 0 aliphatic heterocycles. The lowest BCUT2D eigenvalue weighted by Gasteiger charge is -2.31. The first kappa shape index (κ1) is 22.1. The third-order valence-electron chi connectivity index (χ3n) is 4.58. The molecule has 1 aliphatic rings. The fraction of sp³-hybridized carbons (Fsp3) is 0.556. The van der Waals surface area contributed by atoms with Crippen molar-refractivity contribution in [3.8, 4) is 11.5 Å². The second kappa shape index (κ2) is 10.2. The molecule has 2 rings (SSSR count). The topological polar surface area (TPSA) is 103 Å². The van der Waals surface area contributed by atoms with E-state index in [9.17, 15) is 9.59 Å². The van der Waals surface area contributed by atoms with E-state index in [4.69, 9.17) is 15.2 Å². The molecule has 1 fully saturated rings. The van der Waals surface area contributed by atoms with Crippen LogP contribution in [0.15, 0.2) is 12.1 Å². The van der Waals surface area contributed by atoms with Gasteiger partial charge in [0.15, 0.2) is 11.5 Å². The Bertz CT molecular complexity index is 639. The maximum absolute atomic E-state index is 12.7. The molecule has 26 heavy (non-hydrogen) atoms. The van der Waals surface area contributed by atoms with Crippen molar-refractivity contribution in [2.24, 2.45) is 11.7 Å². The quantitative estimate of drug-likeness (QED) is 0.697. The summed E-state index contributed by atoms with van der Waals surface area (Å²) in [6.45, 7) is 1.96. The van der Waals surface area contributed by atoms with Gasteiger partial charge in [-0.15, -0.1) is 12.4 Å². The third-order valence-corrected chi connectivity index (χ3v) is 4.58. The fourth-order valence-electron chi connectivity index (χ4n) is 3.31. The summed E-state index contributed by atoms with van der Waals surface area (Å²) in [5.74, 6) is 0.601. The molecule has 7 nitrogen and oxygen atoms in total. The summed E-state index contributed by atoms with van der Waals surface area (Å²) in [4.78, 5) is 24.2. The Morgan fingerprint density at radius 1 is 1.19 bits per heavy atom. The SMILES string of the molecule is COc1cc(C(=O)NC2CCCCC2CN)cc(NC(C)=O)c1OC.Cl. The molecule has 146 valence electrons. The first-order chi connectivity index (χ1) is 12.0. The van der Waals surface area contributed by atoms with Crippen LogP contribution in [0.5, 0.6) is 11.5 Å². The lowest BCUT2D eigenvalue weighted by Crippen LogP contribution is -2.44. The molecule has 8 heteroatoms. The molecule has 1 aromatic carbocycles. The number of anilines is 1. The molecule has 4 N–H and O–H groups in total. The van der Waals surface area contributed by atoms with Crippen LogP contribution in [0, 0.1) is 5.92 Å². The first-order valence-corrected chi connectivity index (χ1v) is 8.54. The molecular weight excluding hydrogens is 358 g/mol. The summed E-state index contributed by atoms with van der Waals surface area (Å²) >= 11 is 0. The van der Waals surface area contributed by atoms with Gasteiger partial charge in [-0.1, -0.05) is 12.8 Å². The van der Waals surface area contributed by atoms with Crippen molar-refractivity contribution in [2.75, 3.05) is 26.1 Å². The van der Waals surface area contributed by atoms with E-state index in [2.05, 4.69) is 10.6 Å². The summed E-state index contributed by atoms with van der Waals surface area (Å²) in [6.07, 6.45) is 4.20. The van der Waals surface area contributed by atoms with E-state index in [0.717, 1.165) is 25.7 Å². The smallest absolute Gasteiger partial charge is 0.251 e. The molecule has 1 saturated carbocycles. The highest BCUT2D eigenvalue weighted by molar-refractivity contribution is 5.99. The van der Waals surface area contributed by atoms with E-state index in [0.29, 0.717) is 35.2 Å². The maximum Gasteiger partial charge on any atom is 0.251 e. The number of hydrogen-bond donors (Lipinski definition) is 3. The van der Waals surface area contributed by atoms with Gasteiger partial charge in [-0.2, -0.15) is 0 Å². The standard InChI is InChI=1S/C18H27N3O4.ClH/c1-11(22)20-15-8-13(9-16(24-2)17(15)25-3)18(23)21-14-7-5-4-6-12(14)10-19;/h8-9,12,14H,4-7,10,19H2,1-3H3,(H,20,22)(H,21,23);1H. The first-order valence-electron chi connectivity index (χ1n) is 8.54. The zero-order valence-electron chi connectivity index (χ0n) is 15.5. The number of nitrogens with one attached hydrogen (secondary N) is 2. The molecule has 1 aromatic rings. The Morgan fingerprint density at radius 2 is 1.88 bits per heavy atom. The van der Waals surface area contributed by atoms with E-state index >= 15 is 0 Å². The number of methoxy groups -OCH3 is 2. The van der Waals surface area contributed by atoms with Crippen LogP contribution in [0.1, 0.15) is 43.0 Å². The molecule has 0 radical (unpaired) electrons. The van der Waals surface area contributed by atoms with E-state index in [1.54, 1.807) is 12.1 Å². The number of ether oxygens (including phenoxy) is 2. The lowest BCUT2D eigenvalue weighted by atomic mass is 9.84. The van der Waals surface area contributed by atoms with Gasteiger partial charge >= 0.3 is 0 Å². The third kappa shape index (κ3) is 5.25. The van der Waals surface area contributed by atoms with Crippen LogP contribution in [-0.2, 0) is 4.79 Å². The highest BCUT2D eigenvalue weighted by atomic mass is 35.5. The van der Waals surface area contributed by atoms with Crippen LogP contribution < -0.4 is 25.8 Å². The van der Waals surface area contributed by atoms with E-state index < -0.39 is 0 Å². The van der Waals surface area contributed by atoms with Crippen molar-refractivity contribution in [1.82, 2.24) is 5.32 Å². The van der Waals surface area contributed by atoms with Crippen LogP contribution in [0.4, 0.5) is 5.69 Å². The monoisotopic (exact) mass is 385 g/mol. The van der Waals surface area contributed by atoms with E-state index in [1.165, 1.54) is 21.1 Å². The Balaban J connectivity index is 0.00000338. The average Bonchev–Trinajstić information content (AvgIpc) is 2.60. The summed E-state index contributed by atoms with van der Waals surface area (Å²) in [7, 11) is 2.97. The second-order valence-electron chi connectivity index (χ2n) is 6.30. The van der Waals surface area contributed by atoms with Gasteiger partial charge in [-0.25, -0.2) is 0 Å². The average molecular weight is 386 g/mol. The molecule has 0 saturated heterocycles. The predicted octanol–water partition coefficient (Wildman–Crippen LogP) is 2.33. The van der Waals surface area contributed by atoms with Gasteiger partial charge in [-0.3, -0.25) is 9.59 Å². The molecule has 2 amide bonds. The highest BCUT2D eigenvalue weighted by Crippen LogP contribution is 2.36. The molecule has 0 aromatic heterocycles. The summed E-state index contributed by atoms with van der Waals surface area (Å²) in [6, 6.07) is 3.28. The second-order valence-corrected chi connectivity index (χ2v) is 6.30. The van der Waals surface area contributed by atoms with Crippen molar-refractivity contribution < 1.29 is 19.1 Å². The van der Waals surface area contributed by atoms with Gasteiger partial charge in [-0.05, 0) is 37.4 Å². The Hall–Kier alpha value is -1.99. The fourth-order valence-corrected chi connectivity index (χ4v) is 3.31. The van der Waals surface area contributed by atoms with Crippen LogP contribution in [-0.4, -0.2) is 38.6 Å². The molecule has 1 aliphatic carbocycles.